The minimum Gasteiger partial charge on any atom is -0.397 e. The molecule has 0 spiro atoms. The first-order chi connectivity index (χ1) is 9.11. The Labute approximate surface area is 111 Å². The number of hydrogen-bond acceptors (Lipinski definition) is 4. The van der Waals surface area contributed by atoms with Crippen LogP contribution in [0, 0.1) is 0 Å². The number of aromatic nitrogens is 4. The molecule has 0 aromatic carbocycles. The Morgan fingerprint density at radius 2 is 2.42 bits per heavy atom. The molecule has 1 atom stereocenters. The normalized spacial score (nSPS) is 12.3. The molecule has 2 aromatic rings. The lowest BCUT2D eigenvalue weighted by Crippen LogP contribution is -2.29. The third kappa shape index (κ3) is 2.93. The molecule has 1 unspecified atom stereocenters. The number of nitrogens with two attached hydrogens (primary N) is 1. The van der Waals surface area contributed by atoms with Gasteiger partial charge in [0.2, 0.25) is 0 Å². The quantitative estimate of drug-likeness (QED) is 0.750. The number of nitrogen functional groups attached to an aromatic ring is 1. The summed E-state index contributed by atoms with van der Waals surface area (Å²) in [5.41, 5.74) is 6.89. The van der Waals surface area contributed by atoms with Crippen LogP contribution in [-0.2, 0) is 6.54 Å². The number of H-pyrrole nitrogens is 1. The molecule has 2 heterocycles. The summed E-state index contributed by atoms with van der Waals surface area (Å²) < 4.78 is 1.86. The molecule has 19 heavy (non-hydrogen) atoms. The Bertz CT molecular complexity index is 545. The van der Waals surface area contributed by atoms with Crippen molar-refractivity contribution in [3.05, 3.63) is 30.1 Å². The Morgan fingerprint density at radius 3 is 3.05 bits per heavy atom. The molecule has 2 aromatic heterocycles. The fourth-order valence-electron chi connectivity index (χ4n) is 1.91. The zero-order valence-electron chi connectivity index (χ0n) is 11.1. The van der Waals surface area contributed by atoms with Crippen LogP contribution in [0.25, 0.3) is 0 Å². The molecule has 0 saturated carbocycles. The zero-order valence-corrected chi connectivity index (χ0v) is 11.1. The number of hydrogen-bond donors (Lipinski definition) is 3. The van der Waals surface area contributed by atoms with Crippen LogP contribution in [0.15, 0.2) is 18.6 Å². The van der Waals surface area contributed by atoms with Gasteiger partial charge in [-0.25, -0.2) is 4.98 Å². The van der Waals surface area contributed by atoms with Crippen LogP contribution in [-0.4, -0.2) is 25.7 Å². The Hall–Kier alpha value is -2.31. The van der Waals surface area contributed by atoms with Gasteiger partial charge in [0.25, 0.3) is 5.91 Å². The number of nitrogens with one attached hydrogen (secondary N) is 2. The molecule has 2 rings (SSSR count). The summed E-state index contributed by atoms with van der Waals surface area (Å²) in [5, 5.41) is 9.35. The molecule has 1 amide bonds. The average molecular weight is 262 g/mol. The van der Waals surface area contributed by atoms with E-state index in [1.165, 1.54) is 6.33 Å². The number of aromatic amines is 1. The van der Waals surface area contributed by atoms with Crippen LogP contribution in [0.2, 0.25) is 0 Å². The standard InChI is InChI=1S/C12H18N6O/c1-3-4-18-6-9(13)5-10(18)12(19)16-8(2)11-14-7-15-17-11/h5-8H,3-4,13H2,1-2H3,(H,16,19)(H,14,15,17). The smallest absolute Gasteiger partial charge is 0.268 e. The number of amides is 1. The summed E-state index contributed by atoms with van der Waals surface area (Å²) in [6.07, 6.45) is 4.12. The van der Waals surface area contributed by atoms with Crippen LogP contribution < -0.4 is 11.1 Å². The van der Waals surface area contributed by atoms with Crippen LogP contribution in [0.4, 0.5) is 5.69 Å². The van der Waals surface area contributed by atoms with Crippen molar-refractivity contribution in [2.24, 2.45) is 0 Å². The highest BCUT2D eigenvalue weighted by atomic mass is 16.2. The topological polar surface area (TPSA) is 102 Å². The summed E-state index contributed by atoms with van der Waals surface area (Å²) in [7, 11) is 0. The van der Waals surface area contributed by atoms with Crippen molar-refractivity contribution in [1.82, 2.24) is 25.1 Å². The van der Waals surface area contributed by atoms with Gasteiger partial charge in [-0.2, -0.15) is 5.10 Å². The number of rotatable bonds is 5. The fraction of sp³-hybridized carbons (Fsp3) is 0.417. The van der Waals surface area contributed by atoms with Crippen LogP contribution in [0.5, 0.6) is 0 Å². The molecule has 7 heteroatoms. The zero-order chi connectivity index (χ0) is 13.8. The van der Waals surface area contributed by atoms with E-state index in [9.17, 15) is 4.79 Å². The summed E-state index contributed by atoms with van der Waals surface area (Å²) in [5.74, 6) is 0.448. The second-order valence-corrected chi connectivity index (χ2v) is 4.42. The van der Waals surface area contributed by atoms with E-state index < -0.39 is 0 Å². The van der Waals surface area contributed by atoms with Gasteiger partial charge >= 0.3 is 0 Å². The van der Waals surface area contributed by atoms with Gasteiger partial charge < -0.3 is 15.6 Å². The summed E-state index contributed by atoms with van der Waals surface area (Å²) in [6, 6.07) is 1.44. The van der Waals surface area contributed by atoms with E-state index in [0.717, 1.165) is 13.0 Å². The number of anilines is 1. The first-order valence-electron chi connectivity index (χ1n) is 6.23. The maximum atomic E-state index is 12.2. The van der Waals surface area contributed by atoms with Gasteiger partial charge in [0.15, 0.2) is 0 Å². The van der Waals surface area contributed by atoms with Crippen LogP contribution >= 0.6 is 0 Å². The molecular weight excluding hydrogens is 244 g/mol. The van der Waals surface area contributed by atoms with E-state index in [2.05, 4.69) is 27.4 Å². The summed E-state index contributed by atoms with van der Waals surface area (Å²) >= 11 is 0. The van der Waals surface area contributed by atoms with E-state index in [1.807, 2.05) is 11.5 Å². The van der Waals surface area contributed by atoms with Crippen molar-refractivity contribution >= 4 is 11.6 Å². The number of nitrogens with zero attached hydrogens (tertiary/aromatic N) is 3. The van der Waals surface area contributed by atoms with Gasteiger partial charge in [-0.15, -0.1) is 0 Å². The third-order valence-corrected chi connectivity index (χ3v) is 2.81. The molecule has 4 N–H and O–H groups in total. The van der Waals surface area contributed by atoms with E-state index in [-0.39, 0.29) is 11.9 Å². The lowest BCUT2D eigenvalue weighted by Gasteiger charge is -2.12. The molecule has 0 aliphatic heterocycles. The van der Waals surface area contributed by atoms with Gasteiger partial charge in [0.05, 0.1) is 11.7 Å². The molecule has 0 saturated heterocycles. The molecule has 0 radical (unpaired) electrons. The maximum Gasteiger partial charge on any atom is 0.268 e. The van der Waals surface area contributed by atoms with E-state index in [0.29, 0.717) is 17.2 Å². The van der Waals surface area contributed by atoms with E-state index in [1.54, 1.807) is 12.3 Å². The highest BCUT2D eigenvalue weighted by Crippen LogP contribution is 2.13. The van der Waals surface area contributed by atoms with Crippen molar-refractivity contribution in [2.45, 2.75) is 32.9 Å². The Morgan fingerprint density at radius 1 is 1.63 bits per heavy atom. The van der Waals surface area contributed by atoms with Crippen molar-refractivity contribution < 1.29 is 4.79 Å². The van der Waals surface area contributed by atoms with E-state index >= 15 is 0 Å². The maximum absolute atomic E-state index is 12.2. The fourth-order valence-corrected chi connectivity index (χ4v) is 1.91. The first-order valence-corrected chi connectivity index (χ1v) is 6.23. The number of aryl methyl sites for hydroxylation is 1. The summed E-state index contributed by atoms with van der Waals surface area (Å²) in [6.45, 7) is 4.65. The number of carbonyl (C=O) groups excluding carboxylic acids is 1. The highest BCUT2D eigenvalue weighted by Gasteiger charge is 2.17. The molecule has 0 fully saturated rings. The van der Waals surface area contributed by atoms with Crippen molar-refractivity contribution in [3.8, 4) is 0 Å². The van der Waals surface area contributed by atoms with Gasteiger partial charge in [0.1, 0.15) is 17.8 Å². The third-order valence-electron chi connectivity index (χ3n) is 2.81. The largest absolute Gasteiger partial charge is 0.397 e. The molecule has 102 valence electrons. The van der Waals surface area contributed by atoms with Gasteiger partial charge in [-0.1, -0.05) is 6.92 Å². The van der Waals surface area contributed by atoms with Crippen molar-refractivity contribution in [3.63, 3.8) is 0 Å². The highest BCUT2D eigenvalue weighted by molar-refractivity contribution is 5.94. The monoisotopic (exact) mass is 262 g/mol. The Kier molecular flexibility index (Phi) is 3.84. The van der Waals surface area contributed by atoms with Crippen molar-refractivity contribution in [1.29, 1.82) is 0 Å². The lowest BCUT2D eigenvalue weighted by atomic mass is 10.3. The average Bonchev–Trinajstić information content (AvgIpc) is 2.99. The lowest BCUT2D eigenvalue weighted by molar-refractivity contribution is 0.0929. The van der Waals surface area contributed by atoms with Gasteiger partial charge in [-0.05, 0) is 19.4 Å². The van der Waals surface area contributed by atoms with E-state index in [4.69, 9.17) is 5.73 Å². The summed E-state index contributed by atoms with van der Waals surface area (Å²) in [4.78, 5) is 16.2. The Balaban J connectivity index is 2.11. The predicted molar refractivity (Wildman–Crippen MR) is 71.4 cm³/mol. The molecule has 7 nitrogen and oxygen atoms in total. The second kappa shape index (κ2) is 5.55. The molecule has 0 aliphatic carbocycles. The minimum absolute atomic E-state index is 0.172. The minimum atomic E-state index is -0.235. The molecule has 0 bridgehead atoms. The predicted octanol–water partition coefficient (Wildman–Crippen LogP) is 1.09. The van der Waals surface area contributed by atoms with Crippen LogP contribution in [0.3, 0.4) is 0 Å². The van der Waals surface area contributed by atoms with Crippen molar-refractivity contribution in [2.75, 3.05) is 5.73 Å². The molecular formula is C12H18N6O. The second-order valence-electron chi connectivity index (χ2n) is 4.42. The molecule has 0 aliphatic rings. The van der Waals surface area contributed by atoms with Gasteiger partial charge in [0, 0.05) is 12.7 Å². The van der Waals surface area contributed by atoms with Crippen LogP contribution in [0.1, 0.15) is 42.6 Å². The SMILES string of the molecule is CCCn1cc(N)cc1C(=O)NC(C)c1ncn[nH]1. The number of carbonyl (C=O) groups is 1. The van der Waals surface area contributed by atoms with Gasteiger partial charge in [-0.3, -0.25) is 9.89 Å². The first kappa shape index (κ1) is 13.1.